The smallest absolute Gasteiger partial charge is 0.320 e. The largest absolute Gasteiger partial charge is 0.342 e. The maximum atomic E-state index is 13.5. The molecule has 1 N–H and O–H groups in total. The molecule has 3 aromatic rings. The average molecular weight is 331 g/mol. The SMILES string of the molecule is Cc1cc(C(=O)NC(C)c2nc3ccccc3n2C(F)F)cnn1. The molecule has 24 heavy (non-hydrogen) atoms. The third kappa shape index (κ3) is 2.94. The van der Waals surface area contributed by atoms with Crippen molar-refractivity contribution < 1.29 is 13.6 Å². The van der Waals surface area contributed by atoms with Gasteiger partial charge in [0.05, 0.1) is 34.5 Å². The Labute approximate surface area is 136 Å². The number of amides is 1. The van der Waals surface area contributed by atoms with Crippen molar-refractivity contribution in [3.63, 3.8) is 0 Å². The number of hydrogen-bond acceptors (Lipinski definition) is 4. The molecule has 1 atom stereocenters. The second-order valence-electron chi connectivity index (χ2n) is 5.39. The number of nitrogens with one attached hydrogen (secondary N) is 1. The van der Waals surface area contributed by atoms with E-state index in [-0.39, 0.29) is 5.82 Å². The summed E-state index contributed by atoms with van der Waals surface area (Å²) < 4.78 is 27.7. The highest BCUT2D eigenvalue weighted by Crippen LogP contribution is 2.26. The van der Waals surface area contributed by atoms with Crippen molar-refractivity contribution in [3.05, 3.63) is 53.6 Å². The molecule has 3 rings (SSSR count). The molecule has 1 aromatic carbocycles. The van der Waals surface area contributed by atoms with Crippen molar-refractivity contribution in [1.29, 1.82) is 0 Å². The van der Waals surface area contributed by atoms with E-state index >= 15 is 0 Å². The highest BCUT2D eigenvalue weighted by Gasteiger charge is 2.23. The number of para-hydroxylation sites is 2. The number of halogens is 2. The maximum absolute atomic E-state index is 13.5. The summed E-state index contributed by atoms with van der Waals surface area (Å²) in [6.45, 7) is 0.569. The first-order valence-corrected chi connectivity index (χ1v) is 7.32. The lowest BCUT2D eigenvalue weighted by Gasteiger charge is -2.15. The molecule has 1 unspecified atom stereocenters. The molecule has 0 saturated carbocycles. The minimum absolute atomic E-state index is 0.0956. The first kappa shape index (κ1) is 16.0. The Kier molecular flexibility index (Phi) is 4.20. The molecule has 124 valence electrons. The number of fused-ring (bicyclic) bond motifs is 1. The zero-order valence-corrected chi connectivity index (χ0v) is 13.1. The van der Waals surface area contributed by atoms with E-state index in [1.807, 2.05) is 0 Å². The van der Waals surface area contributed by atoms with Gasteiger partial charge in [-0.1, -0.05) is 12.1 Å². The average Bonchev–Trinajstić information content (AvgIpc) is 2.94. The normalized spacial score (nSPS) is 12.5. The van der Waals surface area contributed by atoms with Gasteiger partial charge in [0.1, 0.15) is 5.82 Å². The molecule has 6 nitrogen and oxygen atoms in total. The number of aryl methyl sites for hydroxylation is 1. The van der Waals surface area contributed by atoms with Crippen LogP contribution in [0.25, 0.3) is 11.0 Å². The van der Waals surface area contributed by atoms with E-state index in [9.17, 15) is 13.6 Å². The standard InChI is InChI=1S/C16H15F2N5O/c1-9-7-11(8-19-22-9)15(24)20-10(2)14-21-12-5-3-4-6-13(12)23(14)16(17)18/h3-8,10,16H,1-2H3,(H,20,24). The van der Waals surface area contributed by atoms with Crippen molar-refractivity contribution in [3.8, 4) is 0 Å². The van der Waals surface area contributed by atoms with E-state index in [1.54, 1.807) is 44.2 Å². The van der Waals surface area contributed by atoms with Crippen LogP contribution in [0, 0.1) is 6.92 Å². The van der Waals surface area contributed by atoms with Gasteiger partial charge in [-0.3, -0.25) is 9.36 Å². The van der Waals surface area contributed by atoms with Crippen LogP contribution in [0.15, 0.2) is 36.5 Å². The zero-order chi connectivity index (χ0) is 17.3. The van der Waals surface area contributed by atoms with Gasteiger partial charge in [0.2, 0.25) is 0 Å². The van der Waals surface area contributed by atoms with Crippen LogP contribution in [-0.2, 0) is 0 Å². The fraction of sp³-hybridized carbons (Fsp3) is 0.250. The van der Waals surface area contributed by atoms with Crippen molar-refractivity contribution in [1.82, 2.24) is 25.1 Å². The molecule has 0 aliphatic carbocycles. The second-order valence-corrected chi connectivity index (χ2v) is 5.39. The number of alkyl halides is 2. The van der Waals surface area contributed by atoms with E-state index in [0.29, 0.717) is 22.3 Å². The number of imidazole rings is 1. The third-order valence-electron chi connectivity index (χ3n) is 3.59. The van der Waals surface area contributed by atoms with Crippen LogP contribution in [-0.4, -0.2) is 25.7 Å². The van der Waals surface area contributed by atoms with Crippen molar-refractivity contribution in [2.45, 2.75) is 26.4 Å². The number of carbonyl (C=O) groups excluding carboxylic acids is 1. The summed E-state index contributed by atoms with van der Waals surface area (Å²) in [4.78, 5) is 16.5. The molecule has 1 amide bonds. The lowest BCUT2D eigenvalue weighted by molar-refractivity contribution is 0.0688. The third-order valence-corrected chi connectivity index (χ3v) is 3.59. The minimum atomic E-state index is -2.75. The number of aromatic nitrogens is 4. The predicted octanol–water partition coefficient (Wildman–Crippen LogP) is 3.02. The molecule has 0 radical (unpaired) electrons. The van der Waals surface area contributed by atoms with Crippen LogP contribution in [0.1, 0.15) is 41.4 Å². The Balaban J connectivity index is 1.92. The molecule has 0 aliphatic heterocycles. The highest BCUT2D eigenvalue weighted by molar-refractivity contribution is 5.94. The topological polar surface area (TPSA) is 72.7 Å². The summed E-state index contributed by atoms with van der Waals surface area (Å²) in [7, 11) is 0. The van der Waals surface area contributed by atoms with Gasteiger partial charge in [-0.2, -0.15) is 19.0 Å². The van der Waals surface area contributed by atoms with Gasteiger partial charge in [0.25, 0.3) is 5.91 Å². The first-order valence-electron chi connectivity index (χ1n) is 7.32. The van der Waals surface area contributed by atoms with Crippen LogP contribution in [0.2, 0.25) is 0 Å². The Morgan fingerprint density at radius 2 is 2.04 bits per heavy atom. The first-order chi connectivity index (χ1) is 11.5. The van der Waals surface area contributed by atoms with Crippen LogP contribution in [0.3, 0.4) is 0 Å². The lowest BCUT2D eigenvalue weighted by Crippen LogP contribution is -2.29. The van der Waals surface area contributed by atoms with Gasteiger partial charge < -0.3 is 5.32 Å². The Morgan fingerprint density at radius 1 is 1.29 bits per heavy atom. The van der Waals surface area contributed by atoms with Crippen molar-refractivity contribution >= 4 is 16.9 Å². The van der Waals surface area contributed by atoms with E-state index in [4.69, 9.17) is 0 Å². The lowest BCUT2D eigenvalue weighted by atomic mass is 10.2. The van der Waals surface area contributed by atoms with Crippen LogP contribution < -0.4 is 5.32 Å². The van der Waals surface area contributed by atoms with Gasteiger partial charge in [0, 0.05) is 0 Å². The molecule has 2 heterocycles. The summed E-state index contributed by atoms with van der Waals surface area (Å²) in [5.74, 6) is -0.327. The van der Waals surface area contributed by atoms with Gasteiger partial charge in [-0.15, -0.1) is 0 Å². The van der Waals surface area contributed by atoms with Gasteiger partial charge >= 0.3 is 6.55 Å². The molecular formula is C16H15F2N5O. The van der Waals surface area contributed by atoms with Gasteiger partial charge in [-0.25, -0.2) is 4.98 Å². The summed E-state index contributed by atoms with van der Waals surface area (Å²) in [6, 6.07) is 7.49. The fourth-order valence-corrected chi connectivity index (χ4v) is 2.52. The number of nitrogens with zero attached hydrogens (tertiary/aromatic N) is 4. The Morgan fingerprint density at radius 3 is 2.75 bits per heavy atom. The second kappa shape index (κ2) is 6.31. The molecular weight excluding hydrogens is 316 g/mol. The summed E-state index contributed by atoms with van der Waals surface area (Å²) in [5.41, 5.74) is 1.68. The monoisotopic (exact) mass is 331 g/mol. The van der Waals surface area contributed by atoms with Crippen LogP contribution >= 0.6 is 0 Å². The van der Waals surface area contributed by atoms with Gasteiger partial charge in [0.15, 0.2) is 0 Å². The van der Waals surface area contributed by atoms with E-state index in [1.165, 1.54) is 6.20 Å². The number of hydrogen-bond donors (Lipinski definition) is 1. The molecule has 0 saturated heterocycles. The maximum Gasteiger partial charge on any atom is 0.320 e. The van der Waals surface area contributed by atoms with E-state index < -0.39 is 18.5 Å². The van der Waals surface area contributed by atoms with E-state index in [0.717, 1.165) is 4.57 Å². The molecule has 0 spiro atoms. The fourth-order valence-electron chi connectivity index (χ4n) is 2.52. The van der Waals surface area contributed by atoms with E-state index in [2.05, 4.69) is 20.5 Å². The predicted molar refractivity (Wildman–Crippen MR) is 83.6 cm³/mol. The Hall–Kier alpha value is -2.90. The minimum Gasteiger partial charge on any atom is -0.342 e. The molecule has 0 fully saturated rings. The highest BCUT2D eigenvalue weighted by atomic mass is 19.3. The number of carbonyl (C=O) groups is 1. The summed E-state index contributed by atoms with van der Waals surface area (Å²) in [5, 5.41) is 10.2. The quantitative estimate of drug-likeness (QED) is 0.797. The van der Waals surface area contributed by atoms with Gasteiger partial charge in [-0.05, 0) is 32.0 Å². The number of rotatable bonds is 4. The summed E-state index contributed by atoms with van der Waals surface area (Å²) in [6.07, 6.45) is 1.32. The summed E-state index contributed by atoms with van der Waals surface area (Å²) >= 11 is 0. The Bertz CT molecular complexity index is 893. The molecule has 2 aromatic heterocycles. The molecule has 0 aliphatic rings. The van der Waals surface area contributed by atoms with Crippen LogP contribution in [0.5, 0.6) is 0 Å². The van der Waals surface area contributed by atoms with Crippen LogP contribution in [0.4, 0.5) is 8.78 Å². The number of benzene rings is 1. The zero-order valence-electron chi connectivity index (χ0n) is 13.1. The molecule has 0 bridgehead atoms. The van der Waals surface area contributed by atoms with Crippen molar-refractivity contribution in [2.24, 2.45) is 0 Å². The van der Waals surface area contributed by atoms with Crippen molar-refractivity contribution in [2.75, 3.05) is 0 Å². The molecule has 8 heteroatoms.